The zero-order valence-corrected chi connectivity index (χ0v) is 17.5. The predicted octanol–water partition coefficient (Wildman–Crippen LogP) is 5.06. The van der Waals surface area contributed by atoms with Crippen LogP contribution in [0.1, 0.15) is 21.5 Å². The van der Waals surface area contributed by atoms with Crippen LogP contribution >= 0.6 is 23.2 Å². The number of ether oxygens (including phenoxy) is 2. The molecule has 0 saturated heterocycles. The van der Waals surface area contributed by atoms with E-state index in [9.17, 15) is 4.79 Å². The van der Waals surface area contributed by atoms with Crippen LogP contribution in [0.4, 0.5) is 0 Å². The molecule has 8 heteroatoms. The lowest BCUT2D eigenvalue weighted by atomic mass is 10.1. The number of carbonyl (C=O) groups excluding carboxylic acids is 1. The van der Waals surface area contributed by atoms with Crippen LogP contribution < -0.4 is 15.2 Å². The molecule has 2 N–H and O–H groups in total. The van der Waals surface area contributed by atoms with Gasteiger partial charge in [-0.1, -0.05) is 40.5 Å². The number of oxime groups is 1. The van der Waals surface area contributed by atoms with Crippen LogP contribution in [0.3, 0.4) is 0 Å². The molecule has 0 unspecified atom stereocenters. The van der Waals surface area contributed by atoms with Crippen LogP contribution in [0.5, 0.6) is 11.5 Å². The summed E-state index contributed by atoms with van der Waals surface area (Å²) in [5.74, 6) is 0.789. The predicted molar refractivity (Wildman–Crippen MR) is 116 cm³/mol. The first-order chi connectivity index (χ1) is 14.5. The van der Waals surface area contributed by atoms with Gasteiger partial charge in [-0.05, 0) is 60.2 Å². The van der Waals surface area contributed by atoms with E-state index in [0.717, 1.165) is 11.3 Å². The Hall–Kier alpha value is -3.22. The van der Waals surface area contributed by atoms with Crippen molar-refractivity contribution in [3.8, 4) is 11.5 Å². The van der Waals surface area contributed by atoms with Gasteiger partial charge < -0.3 is 20.0 Å². The van der Waals surface area contributed by atoms with Gasteiger partial charge in [-0.25, -0.2) is 4.79 Å². The number of benzene rings is 3. The van der Waals surface area contributed by atoms with Crippen LogP contribution in [0.25, 0.3) is 0 Å². The van der Waals surface area contributed by atoms with Crippen molar-refractivity contribution in [2.24, 2.45) is 10.9 Å². The Balaban J connectivity index is 1.57. The van der Waals surface area contributed by atoms with Gasteiger partial charge in [0.2, 0.25) is 0 Å². The van der Waals surface area contributed by atoms with Crippen LogP contribution in [-0.2, 0) is 11.4 Å². The number of carbonyl (C=O) groups is 1. The van der Waals surface area contributed by atoms with Gasteiger partial charge in [0, 0.05) is 10.6 Å². The van der Waals surface area contributed by atoms with Gasteiger partial charge in [0.1, 0.15) is 18.1 Å². The Morgan fingerprint density at radius 1 is 0.967 bits per heavy atom. The van der Waals surface area contributed by atoms with Crippen LogP contribution in [-0.4, -0.2) is 18.9 Å². The third-order valence-electron chi connectivity index (χ3n) is 4.09. The molecule has 0 radical (unpaired) electrons. The maximum atomic E-state index is 12.2. The molecule has 6 nitrogen and oxygen atoms in total. The first-order valence-corrected chi connectivity index (χ1v) is 9.58. The maximum absolute atomic E-state index is 12.2. The molecule has 0 amide bonds. The van der Waals surface area contributed by atoms with E-state index in [2.05, 4.69) is 5.16 Å². The number of amidine groups is 1. The second-order valence-electron chi connectivity index (χ2n) is 6.14. The molecule has 0 bridgehead atoms. The minimum absolute atomic E-state index is 0.0328. The number of hydrogen-bond acceptors (Lipinski definition) is 5. The number of nitrogens with zero attached hydrogens (tertiary/aromatic N) is 1. The van der Waals surface area contributed by atoms with Gasteiger partial charge in [0.25, 0.3) is 0 Å². The standard InChI is InChI=1S/C22H18Cl2N2O4/c1-28-17-7-9-18(10-8-17)29-13-14-2-4-15(5-3-14)22(27)30-26-21(25)19-11-6-16(23)12-20(19)24/h2-12H,13H2,1H3,(H2,25,26). The summed E-state index contributed by atoms with van der Waals surface area (Å²) in [4.78, 5) is 17.1. The lowest BCUT2D eigenvalue weighted by Crippen LogP contribution is -2.15. The molecule has 3 rings (SSSR count). The highest BCUT2D eigenvalue weighted by atomic mass is 35.5. The number of nitrogens with two attached hydrogens (primary N) is 1. The zero-order chi connectivity index (χ0) is 21.5. The normalized spacial score (nSPS) is 11.1. The number of methoxy groups -OCH3 is 1. The molecular weight excluding hydrogens is 427 g/mol. The van der Waals surface area contributed by atoms with Crippen LogP contribution in [0.2, 0.25) is 10.0 Å². The third kappa shape index (κ3) is 5.65. The second-order valence-corrected chi connectivity index (χ2v) is 6.98. The number of rotatable bonds is 7. The average molecular weight is 445 g/mol. The molecule has 0 saturated carbocycles. The van der Waals surface area contributed by atoms with E-state index in [-0.39, 0.29) is 5.84 Å². The summed E-state index contributed by atoms with van der Waals surface area (Å²) in [6.07, 6.45) is 0. The van der Waals surface area contributed by atoms with Crippen molar-refractivity contribution in [3.63, 3.8) is 0 Å². The van der Waals surface area contributed by atoms with E-state index in [4.69, 9.17) is 43.2 Å². The van der Waals surface area contributed by atoms with Crippen molar-refractivity contribution in [3.05, 3.63) is 93.5 Å². The lowest BCUT2D eigenvalue weighted by molar-refractivity contribution is 0.0516. The monoisotopic (exact) mass is 444 g/mol. The average Bonchev–Trinajstić information content (AvgIpc) is 2.76. The summed E-state index contributed by atoms with van der Waals surface area (Å²) in [6, 6.07) is 18.8. The summed E-state index contributed by atoms with van der Waals surface area (Å²) in [5.41, 5.74) is 7.46. The second kappa shape index (κ2) is 10.0. The van der Waals surface area contributed by atoms with Crippen LogP contribution in [0, 0.1) is 0 Å². The van der Waals surface area contributed by atoms with E-state index >= 15 is 0 Å². The van der Waals surface area contributed by atoms with Gasteiger partial charge in [0.15, 0.2) is 5.84 Å². The summed E-state index contributed by atoms with van der Waals surface area (Å²) < 4.78 is 10.8. The Kier molecular flexibility index (Phi) is 7.17. The Morgan fingerprint density at radius 3 is 2.27 bits per heavy atom. The van der Waals surface area contributed by atoms with Crippen molar-refractivity contribution >= 4 is 35.0 Å². The fourth-order valence-corrected chi connectivity index (χ4v) is 2.97. The highest BCUT2D eigenvalue weighted by Crippen LogP contribution is 2.21. The SMILES string of the molecule is COc1ccc(OCc2ccc(C(=O)O/N=C(\N)c3ccc(Cl)cc3Cl)cc2)cc1. The van der Waals surface area contributed by atoms with Gasteiger partial charge in [-0.15, -0.1) is 0 Å². The molecule has 30 heavy (non-hydrogen) atoms. The molecule has 0 atom stereocenters. The molecule has 3 aromatic carbocycles. The molecule has 0 spiro atoms. The molecule has 0 aliphatic carbocycles. The van der Waals surface area contributed by atoms with Crippen molar-refractivity contribution in [1.29, 1.82) is 0 Å². The van der Waals surface area contributed by atoms with Crippen molar-refractivity contribution in [1.82, 2.24) is 0 Å². The fraction of sp³-hybridized carbons (Fsp3) is 0.0909. The van der Waals surface area contributed by atoms with Gasteiger partial charge in [-0.3, -0.25) is 0 Å². The minimum atomic E-state index is -0.648. The molecule has 0 aliphatic heterocycles. The highest BCUT2D eigenvalue weighted by molar-refractivity contribution is 6.36. The minimum Gasteiger partial charge on any atom is -0.497 e. The quantitative estimate of drug-likeness (QED) is 0.238. The maximum Gasteiger partial charge on any atom is 0.365 e. The first-order valence-electron chi connectivity index (χ1n) is 8.82. The van der Waals surface area contributed by atoms with E-state index in [1.54, 1.807) is 43.5 Å². The molecule has 0 aliphatic rings. The zero-order valence-electron chi connectivity index (χ0n) is 16.0. The largest absolute Gasteiger partial charge is 0.497 e. The summed E-state index contributed by atoms with van der Waals surface area (Å²) in [6.45, 7) is 0.349. The van der Waals surface area contributed by atoms with E-state index in [1.807, 2.05) is 24.3 Å². The summed E-state index contributed by atoms with van der Waals surface area (Å²) in [7, 11) is 1.61. The summed E-state index contributed by atoms with van der Waals surface area (Å²) in [5, 5.41) is 4.43. The van der Waals surface area contributed by atoms with Gasteiger partial charge in [-0.2, -0.15) is 0 Å². The topological polar surface area (TPSA) is 83.1 Å². The molecule has 154 valence electrons. The molecule has 0 heterocycles. The molecular formula is C22H18Cl2N2O4. The molecule has 3 aromatic rings. The van der Waals surface area contributed by atoms with Crippen molar-refractivity contribution in [2.75, 3.05) is 7.11 Å². The summed E-state index contributed by atoms with van der Waals surface area (Å²) >= 11 is 11.9. The Bertz CT molecular complexity index is 1050. The number of hydrogen-bond donors (Lipinski definition) is 1. The van der Waals surface area contributed by atoms with Gasteiger partial charge >= 0.3 is 5.97 Å². The van der Waals surface area contributed by atoms with Crippen LogP contribution in [0.15, 0.2) is 71.9 Å². The smallest absolute Gasteiger partial charge is 0.365 e. The Labute approximate surface area is 183 Å². The highest BCUT2D eigenvalue weighted by Gasteiger charge is 2.10. The molecule has 0 aromatic heterocycles. The van der Waals surface area contributed by atoms with E-state index in [0.29, 0.717) is 33.5 Å². The lowest BCUT2D eigenvalue weighted by Gasteiger charge is -2.08. The van der Waals surface area contributed by atoms with Crippen molar-refractivity contribution in [2.45, 2.75) is 6.61 Å². The van der Waals surface area contributed by atoms with E-state index < -0.39 is 5.97 Å². The fourth-order valence-electron chi connectivity index (χ4n) is 2.47. The van der Waals surface area contributed by atoms with E-state index in [1.165, 1.54) is 6.07 Å². The number of halogens is 2. The third-order valence-corrected chi connectivity index (χ3v) is 4.64. The van der Waals surface area contributed by atoms with Gasteiger partial charge in [0.05, 0.1) is 17.7 Å². The van der Waals surface area contributed by atoms with Crippen molar-refractivity contribution < 1.29 is 19.1 Å². The molecule has 0 fully saturated rings. The first kappa shape index (κ1) is 21.5. The Morgan fingerprint density at radius 2 is 1.63 bits per heavy atom.